The minimum Gasteiger partial charge on any atom is -0.477 e. The van der Waals surface area contributed by atoms with Crippen LogP contribution in [0.25, 0.3) is 0 Å². The lowest BCUT2D eigenvalue weighted by molar-refractivity contribution is 0.0690. The van der Waals surface area contributed by atoms with Gasteiger partial charge in [0.2, 0.25) is 0 Å². The van der Waals surface area contributed by atoms with Crippen LogP contribution in [0.5, 0.6) is 0 Å². The van der Waals surface area contributed by atoms with Gasteiger partial charge in [-0.05, 0) is 19.1 Å². The number of nitrogen functional groups attached to an aromatic ring is 1. The molecule has 0 atom stereocenters. The van der Waals surface area contributed by atoms with Crippen LogP contribution in [0.1, 0.15) is 21.9 Å². The van der Waals surface area contributed by atoms with Crippen LogP contribution in [-0.2, 0) is 6.54 Å². The van der Waals surface area contributed by atoms with Gasteiger partial charge in [0.15, 0.2) is 11.5 Å². The molecule has 0 fully saturated rings. The molecule has 0 saturated heterocycles. The smallest absolute Gasteiger partial charge is 0.354 e. The molecule has 0 bridgehead atoms. The molecular formula is C12H13N5O2. The molecule has 7 heteroatoms. The molecule has 98 valence electrons. The van der Waals surface area contributed by atoms with Crippen molar-refractivity contribution in [3.63, 3.8) is 0 Å². The number of aromatic nitrogens is 3. The average molecular weight is 259 g/mol. The SMILES string of the molecule is Cc1cnc(CNc2nc(C(=O)O)ccc2N)cn1. The molecule has 0 saturated carbocycles. The Kier molecular flexibility index (Phi) is 3.56. The highest BCUT2D eigenvalue weighted by atomic mass is 16.4. The summed E-state index contributed by atoms with van der Waals surface area (Å²) in [5, 5.41) is 11.8. The molecule has 0 aromatic carbocycles. The van der Waals surface area contributed by atoms with Crippen molar-refractivity contribution in [3.8, 4) is 0 Å². The number of carbonyl (C=O) groups is 1. The zero-order valence-corrected chi connectivity index (χ0v) is 10.3. The molecule has 2 aromatic rings. The van der Waals surface area contributed by atoms with Crippen molar-refractivity contribution < 1.29 is 9.90 Å². The number of aromatic carboxylic acids is 1. The monoisotopic (exact) mass is 259 g/mol. The molecule has 0 aliphatic rings. The van der Waals surface area contributed by atoms with Crippen LogP contribution in [0.3, 0.4) is 0 Å². The van der Waals surface area contributed by atoms with Crippen LogP contribution >= 0.6 is 0 Å². The van der Waals surface area contributed by atoms with Gasteiger partial charge < -0.3 is 16.2 Å². The molecule has 4 N–H and O–H groups in total. The predicted octanol–water partition coefficient (Wildman–Crippen LogP) is 1.07. The summed E-state index contributed by atoms with van der Waals surface area (Å²) in [6.45, 7) is 2.22. The molecule has 2 aromatic heterocycles. The first-order valence-electron chi connectivity index (χ1n) is 5.57. The quantitative estimate of drug-likeness (QED) is 0.752. The highest BCUT2D eigenvalue weighted by Crippen LogP contribution is 2.16. The van der Waals surface area contributed by atoms with Gasteiger partial charge in [0.05, 0.1) is 29.8 Å². The van der Waals surface area contributed by atoms with Crippen LogP contribution < -0.4 is 11.1 Å². The summed E-state index contributed by atoms with van der Waals surface area (Å²) < 4.78 is 0. The standard InChI is InChI=1S/C12H13N5O2/c1-7-4-15-8(5-14-7)6-16-11-9(13)2-3-10(17-11)12(18)19/h2-5H,6,13H2,1H3,(H,16,17)(H,18,19). The van der Waals surface area contributed by atoms with Crippen molar-refractivity contribution in [2.24, 2.45) is 0 Å². The van der Waals surface area contributed by atoms with Gasteiger partial charge in [-0.2, -0.15) is 0 Å². The largest absolute Gasteiger partial charge is 0.477 e. The zero-order chi connectivity index (χ0) is 13.8. The molecule has 0 aliphatic heterocycles. The summed E-state index contributed by atoms with van der Waals surface area (Å²) in [4.78, 5) is 23.0. The molecule has 7 nitrogen and oxygen atoms in total. The number of nitrogens with two attached hydrogens (primary N) is 1. The second kappa shape index (κ2) is 5.30. The number of aryl methyl sites for hydroxylation is 1. The Bertz CT molecular complexity index is 598. The molecule has 2 rings (SSSR count). The van der Waals surface area contributed by atoms with Gasteiger partial charge in [-0.1, -0.05) is 0 Å². The molecule has 19 heavy (non-hydrogen) atoms. The lowest BCUT2D eigenvalue weighted by Crippen LogP contribution is -2.09. The van der Waals surface area contributed by atoms with E-state index in [2.05, 4.69) is 20.3 Å². The van der Waals surface area contributed by atoms with Gasteiger partial charge in [-0.15, -0.1) is 0 Å². The van der Waals surface area contributed by atoms with Crippen molar-refractivity contribution in [1.82, 2.24) is 15.0 Å². The van der Waals surface area contributed by atoms with E-state index in [9.17, 15) is 4.79 Å². The summed E-state index contributed by atoms with van der Waals surface area (Å²) in [6, 6.07) is 2.86. The van der Waals surface area contributed by atoms with Crippen molar-refractivity contribution in [3.05, 3.63) is 41.6 Å². The third-order valence-electron chi connectivity index (χ3n) is 2.42. The van der Waals surface area contributed by atoms with Crippen LogP contribution in [-0.4, -0.2) is 26.0 Å². The van der Waals surface area contributed by atoms with Crippen molar-refractivity contribution >= 4 is 17.5 Å². The first-order chi connectivity index (χ1) is 9.06. The van der Waals surface area contributed by atoms with E-state index in [4.69, 9.17) is 10.8 Å². The highest BCUT2D eigenvalue weighted by Gasteiger charge is 2.08. The Morgan fingerprint density at radius 3 is 2.79 bits per heavy atom. The summed E-state index contributed by atoms with van der Waals surface area (Å²) in [5.41, 5.74) is 7.58. The van der Waals surface area contributed by atoms with E-state index in [1.165, 1.54) is 12.1 Å². The summed E-state index contributed by atoms with van der Waals surface area (Å²) >= 11 is 0. The number of rotatable bonds is 4. The highest BCUT2D eigenvalue weighted by molar-refractivity contribution is 5.86. The van der Waals surface area contributed by atoms with Crippen molar-refractivity contribution in [1.29, 1.82) is 0 Å². The van der Waals surface area contributed by atoms with Crippen molar-refractivity contribution in [2.75, 3.05) is 11.1 Å². The van der Waals surface area contributed by atoms with E-state index < -0.39 is 5.97 Å². The summed E-state index contributed by atoms with van der Waals surface area (Å²) in [6.07, 6.45) is 3.29. The Labute approximate surface area is 109 Å². The second-order valence-corrected chi connectivity index (χ2v) is 3.94. The molecule has 2 heterocycles. The second-order valence-electron chi connectivity index (χ2n) is 3.94. The number of nitrogens with zero attached hydrogens (tertiary/aromatic N) is 3. The van der Waals surface area contributed by atoms with Crippen molar-refractivity contribution in [2.45, 2.75) is 13.5 Å². The number of anilines is 2. The van der Waals surface area contributed by atoms with Gasteiger partial charge in [0, 0.05) is 6.20 Å². The average Bonchev–Trinajstić information content (AvgIpc) is 2.39. The first-order valence-corrected chi connectivity index (χ1v) is 5.57. The Morgan fingerprint density at radius 2 is 2.16 bits per heavy atom. The van der Waals surface area contributed by atoms with E-state index in [1.807, 2.05) is 6.92 Å². The van der Waals surface area contributed by atoms with E-state index >= 15 is 0 Å². The van der Waals surface area contributed by atoms with Crippen LogP contribution in [0.4, 0.5) is 11.5 Å². The molecule has 0 spiro atoms. The number of pyridine rings is 1. The van der Waals surface area contributed by atoms with Crippen LogP contribution in [0.2, 0.25) is 0 Å². The third-order valence-corrected chi connectivity index (χ3v) is 2.42. The molecule has 0 unspecified atom stereocenters. The van der Waals surface area contributed by atoms with Gasteiger partial charge >= 0.3 is 5.97 Å². The van der Waals surface area contributed by atoms with E-state index in [1.54, 1.807) is 12.4 Å². The van der Waals surface area contributed by atoms with Gasteiger partial charge in [-0.25, -0.2) is 9.78 Å². The Hall–Kier alpha value is -2.70. The fourth-order valence-corrected chi connectivity index (χ4v) is 1.42. The third kappa shape index (κ3) is 3.15. The molecule has 0 amide bonds. The zero-order valence-electron chi connectivity index (χ0n) is 10.3. The Morgan fingerprint density at radius 1 is 1.37 bits per heavy atom. The number of nitrogens with one attached hydrogen (secondary N) is 1. The first kappa shape index (κ1) is 12.7. The summed E-state index contributed by atoms with van der Waals surface area (Å²) in [7, 11) is 0. The van der Waals surface area contributed by atoms with E-state index in [0.29, 0.717) is 23.7 Å². The number of carboxylic acid groups (broad SMARTS) is 1. The number of hydrogen-bond donors (Lipinski definition) is 3. The molecule has 0 radical (unpaired) electrons. The van der Waals surface area contributed by atoms with E-state index in [0.717, 1.165) is 5.69 Å². The lowest BCUT2D eigenvalue weighted by atomic mass is 10.3. The maximum absolute atomic E-state index is 10.8. The van der Waals surface area contributed by atoms with Gasteiger partial charge in [0.25, 0.3) is 0 Å². The molecular weight excluding hydrogens is 246 g/mol. The molecule has 0 aliphatic carbocycles. The topological polar surface area (TPSA) is 114 Å². The lowest BCUT2D eigenvalue weighted by Gasteiger charge is -2.08. The fourth-order valence-electron chi connectivity index (χ4n) is 1.42. The van der Waals surface area contributed by atoms with Crippen LogP contribution in [0.15, 0.2) is 24.5 Å². The Balaban J connectivity index is 2.12. The minimum atomic E-state index is -1.10. The van der Waals surface area contributed by atoms with Gasteiger partial charge in [-0.3, -0.25) is 9.97 Å². The minimum absolute atomic E-state index is 0.0632. The normalized spacial score (nSPS) is 10.2. The fraction of sp³-hybridized carbons (Fsp3) is 0.167. The maximum Gasteiger partial charge on any atom is 0.354 e. The predicted molar refractivity (Wildman–Crippen MR) is 69.7 cm³/mol. The van der Waals surface area contributed by atoms with Crippen LogP contribution in [0, 0.1) is 6.92 Å². The van der Waals surface area contributed by atoms with Gasteiger partial charge in [0.1, 0.15) is 0 Å². The van der Waals surface area contributed by atoms with E-state index in [-0.39, 0.29) is 5.69 Å². The summed E-state index contributed by atoms with van der Waals surface area (Å²) in [5.74, 6) is -0.777. The number of carboxylic acids is 1. The number of hydrogen-bond acceptors (Lipinski definition) is 6. The maximum atomic E-state index is 10.8.